The van der Waals surface area contributed by atoms with E-state index in [2.05, 4.69) is 52.3 Å². The molecule has 2 aromatic heterocycles. The number of hydrogen-bond acceptors (Lipinski definition) is 3. The Morgan fingerprint density at radius 3 is 2.86 bits per heavy atom. The minimum absolute atomic E-state index is 0.228. The van der Waals surface area contributed by atoms with Gasteiger partial charge in [-0.15, -0.1) is 5.10 Å². The van der Waals surface area contributed by atoms with E-state index in [0.29, 0.717) is 0 Å². The molecule has 5 nitrogen and oxygen atoms in total. The second kappa shape index (κ2) is 5.69. The van der Waals surface area contributed by atoms with Crippen LogP contribution in [0.2, 0.25) is 0 Å². The van der Waals surface area contributed by atoms with Crippen molar-refractivity contribution in [1.29, 1.82) is 0 Å². The molecule has 0 aliphatic heterocycles. The van der Waals surface area contributed by atoms with Crippen molar-refractivity contribution < 1.29 is 0 Å². The summed E-state index contributed by atoms with van der Waals surface area (Å²) < 4.78 is 3.94. The third-order valence-electron chi connectivity index (χ3n) is 3.84. The third-order valence-corrected chi connectivity index (χ3v) is 3.84. The van der Waals surface area contributed by atoms with E-state index in [1.807, 2.05) is 13.2 Å². The van der Waals surface area contributed by atoms with Crippen LogP contribution >= 0.6 is 0 Å². The summed E-state index contributed by atoms with van der Waals surface area (Å²) in [5.41, 5.74) is 9.54. The molecule has 0 saturated carbocycles. The zero-order valence-corrected chi connectivity index (χ0v) is 12.5. The second-order valence-electron chi connectivity index (χ2n) is 5.59. The predicted octanol–water partition coefficient (Wildman–Crippen LogP) is 2.10. The number of rotatable bonds is 5. The normalized spacial score (nSPS) is 12.9. The Balaban J connectivity index is 1.90. The highest BCUT2D eigenvalue weighted by Crippen LogP contribution is 2.19. The lowest BCUT2D eigenvalue weighted by Crippen LogP contribution is -2.21. The van der Waals surface area contributed by atoms with Gasteiger partial charge in [-0.05, 0) is 35.9 Å². The summed E-state index contributed by atoms with van der Waals surface area (Å²) in [5.74, 6) is 0. The first-order chi connectivity index (χ1) is 10.2. The van der Waals surface area contributed by atoms with Crippen LogP contribution in [-0.4, -0.2) is 25.6 Å². The molecule has 0 spiro atoms. The van der Waals surface area contributed by atoms with Gasteiger partial charge < -0.3 is 10.3 Å². The Labute approximate surface area is 124 Å². The minimum Gasteiger partial charge on any atom is -0.341 e. The monoisotopic (exact) mass is 283 g/mol. The zero-order chi connectivity index (χ0) is 14.8. The fraction of sp³-hybridized carbons (Fsp3) is 0.375. The van der Waals surface area contributed by atoms with Gasteiger partial charge in [0.25, 0.3) is 0 Å². The van der Waals surface area contributed by atoms with Crippen LogP contribution in [0.4, 0.5) is 0 Å². The summed E-state index contributed by atoms with van der Waals surface area (Å²) >= 11 is 0. The molecule has 0 saturated heterocycles. The molecule has 3 aromatic rings. The number of nitrogens with two attached hydrogens (primary N) is 1. The molecule has 5 heteroatoms. The number of aryl methyl sites for hydroxylation is 1. The van der Waals surface area contributed by atoms with Crippen LogP contribution in [0.3, 0.4) is 0 Å². The van der Waals surface area contributed by atoms with Crippen LogP contribution in [0, 0.1) is 0 Å². The van der Waals surface area contributed by atoms with Crippen molar-refractivity contribution >= 4 is 10.9 Å². The van der Waals surface area contributed by atoms with Gasteiger partial charge in [-0.3, -0.25) is 4.68 Å². The SMILES string of the molecule is CCC(N)Cc1ccc2ccn(Cc3cn(C)nn3)c2c1. The molecule has 0 fully saturated rings. The molecule has 21 heavy (non-hydrogen) atoms. The zero-order valence-electron chi connectivity index (χ0n) is 12.5. The van der Waals surface area contributed by atoms with E-state index in [-0.39, 0.29) is 6.04 Å². The fourth-order valence-electron chi connectivity index (χ4n) is 2.58. The summed E-state index contributed by atoms with van der Waals surface area (Å²) in [6.45, 7) is 2.86. The smallest absolute Gasteiger partial charge is 0.102 e. The molecule has 2 N–H and O–H groups in total. The van der Waals surface area contributed by atoms with Crippen molar-refractivity contribution in [2.24, 2.45) is 12.8 Å². The predicted molar refractivity (Wildman–Crippen MR) is 84.0 cm³/mol. The Hall–Kier alpha value is -2.14. The molecule has 0 aliphatic carbocycles. The number of aromatic nitrogens is 4. The van der Waals surface area contributed by atoms with E-state index in [0.717, 1.165) is 25.1 Å². The first kappa shape index (κ1) is 13.8. The van der Waals surface area contributed by atoms with E-state index in [1.165, 1.54) is 16.5 Å². The topological polar surface area (TPSA) is 61.7 Å². The van der Waals surface area contributed by atoms with Crippen molar-refractivity contribution in [3.8, 4) is 0 Å². The largest absolute Gasteiger partial charge is 0.341 e. The standard InChI is InChI=1S/C16H21N5/c1-3-14(17)8-12-4-5-13-6-7-21(16(13)9-12)11-15-10-20(2)19-18-15/h4-7,9-10,14H,3,8,11,17H2,1-2H3. The highest BCUT2D eigenvalue weighted by molar-refractivity contribution is 5.81. The van der Waals surface area contributed by atoms with E-state index < -0.39 is 0 Å². The molecule has 3 rings (SSSR count). The Morgan fingerprint density at radius 1 is 1.29 bits per heavy atom. The van der Waals surface area contributed by atoms with Gasteiger partial charge in [0, 0.05) is 31.0 Å². The Kier molecular flexibility index (Phi) is 3.75. The molecule has 0 bridgehead atoms. The van der Waals surface area contributed by atoms with Gasteiger partial charge in [0.05, 0.1) is 6.54 Å². The van der Waals surface area contributed by atoms with Crippen molar-refractivity contribution in [2.75, 3.05) is 0 Å². The maximum atomic E-state index is 6.06. The van der Waals surface area contributed by atoms with Gasteiger partial charge in [-0.25, -0.2) is 0 Å². The Morgan fingerprint density at radius 2 is 2.14 bits per heavy atom. The van der Waals surface area contributed by atoms with Gasteiger partial charge in [0.15, 0.2) is 0 Å². The van der Waals surface area contributed by atoms with E-state index in [4.69, 9.17) is 5.73 Å². The third kappa shape index (κ3) is 2.97. The van der Waals surface area contributed by atoms with Crippen LogP contribution in [0.15, 0.2) is 36.7 Å². The maximum Gasteiger partial charge on any atom is 0.102 e. The van der Waals surface area contributed by atoms with Gasteiger partial charge in [-0.1, -0.05) is 24.3 Å². The second-order valence-corrected chi connectivity index (χ2v) is 5.59. The first-order valence-corrected chi connectivity index (χ1v) is 7.34. The van der Waals surface area contributed by atoms with E-state index in [9.17, 15) is 0 Å². The lowest BCUT2D eigenvalue weighted by atomic mass is 10.0. The van der Waals surface area contributed by atoms with Gasteiger partial charge in [-0.2, -0.15) is 0 Å². The summed E-state index contributed by atoms with van der Waals surface area (Å²) in [4.78, 5) is 0. The first-order valence-electron chi connectivity index (χ1n) is 7.34. The van der Waals surface area contributed by atoms with Crippen LogP contribution in [0.5, 0.6) is 0 Å². The van der Waals surface area contributed by atoms with Gasteiger partial charge in [0.2, 0.25) is 0 Å². The molecule has 0 amide bonds. The molecular formula is C16H21N5. The number of benzene rings is 1. The highest BCUT2D eigenvalue weighted by Gasteiger charge is 2.07. The summed E-state index contributed by atoms with van der Waals surface area (Å²) in [6.07, 6.45) is 5.97. The number of fused-ring (bicyclic) bond motifs is 1. The molecule has 2 heterocycles. The lowest BCUT2D eigenvalue weighted by Gasteiger charge is -2.10. The molecule has 1 aromatic carbocycles. The minimum atomic E-state index is 0.228. The van der Waals surface area contributed by atoms with Crippen molar-refractivity contribution in [2.45, 2.75) is 32.4 Å². The van der Waals surface area contributed by atoms with Crippen LogP contribution in [0.1, 0.15) is 24.6 Å². The van der Waals surface area contributed by atoms with Crippen LogP contribution < -0.4 is 5.73 Å². The van der Waals surface area contributed by atoms with Crippen LogP contribution in [-0.2, 0) is 20.0 Å². The summed E-state index contributed by atoms with van der Waals surface area (Å²) in [6, 6.07) is 8.94. The summed E-state index contributed by atoms with van der Waals surface area (Å²) in [7, 11) is 1.88. The van der Waals surface area contributed by atoms with Crippen LogP contribution in [0.25, 0.3) is 10.9 Å². The maximum absolute atomic E-state index is 6.06. The van der Waals surface area contributed by atoms with Crippen molar-refractivity contribution in [1.82, 2.24) is 19.6 Å². The molecule has 1 unspecified atom stereocenters. The van der Waals surface area contributed by atoms with Gasteiger partial charge >= 0.3 is 0 Å². The quantitative estimate of drug-likeness (QED) is 0.780. The van der Waals surface area contributed by atoms with E-state index >= 15 is 0 Å². The molecule has 0 radical (unpaired) electrons. The van der Waals surface area contributed by atoms with Crippen molar-refractivity contribution in [3.05, 3.63) is 47.9 Å². The molecule has 0 aliphatic rings. The number of nitrogens with zero attached hydrogens (tertiary/aromatic N) is 4. The lowest BCUT2D eigenvalue weighted by molar-refractivity contribution is 0.646. The summed E-state index contributed by atoms with van der Waals surface area (Å²) in [5, 5.41) is 9.38. The molecule has 110 valence electrons. The number of hydrogen-bond donors (Lipinski definition) is 1. The Bertz CT molecular complexity index is 740. The molecule has 1 atom stereocenters. The highest BCUT2D eigenvalue weighted by atomic mass is 15.4. The van der Waals surface area contributed by atoms with Crippen molar-refractivity contribution in [3.63, 3.8) is 0 Å². The fourth-order valence-corrected chi connectivity index (χ4v) is 2.58. The average molecular weight is 283 g/mol. The average Bonchev–Trinajstić information content (AvgIpc) is 3.06. The van der Waals surface area contributed by atoms with Gasteiger partial charge in [0.1, 0.15) is 5.69 Å². The molecular weight excluding hydrogens is 262 g/mol. The van der Waals surface area contributed by atoms with E-state index in [1.54, 1.807) is 4.68 Å².